The molecule has 0 bridgehead atoms. The van der Waals surface area contributed by atoms with E-state index >= 15 is 0 Å². The number of nitrogens with two attached hydrogens (primary N) is 1. The molecule has 0 saturated heterocycles. The molecule has 0 amide bonds. The van der Waals surface area contributed by atoms with Gasteiger partial charge in [0.1, 0.15) is 11.4 Å². The maximum atomic E-state index is 11.9. The molecule has 19 heavy (non-hydrogen) atoms. The molecule has 0 saturated carbocycles. The lowest BCUT2D eigenvalue weighted by Crippen LogP contribution is -2.18. The van der Waals surface area contributed by atoms with Crippen molar-refractivity contribution in [3.05, 3.63) is 27.7 Å². The van der Waals surface area contributed by atoms with Crippen LogP contribution < -0.4 is 16.0 Å². The van der Waals surface area contributed by atoms with Crippen LogP contribution in [0.1, 0.15) is 37.4 Å². The van der Waals surface area contributed by atoms with Crippen molar-refractivity contribution in [2.75, 3.05) is 12.3 Å². The van der Waals surface area contributed by atoms with Crippen molar-refractivity contribution in [2.24, 2.45) is 0 Å². The van der Waals surface area contributed by atoms with Crippen molar-refractivity contribution in [3.63, 3.8) is 0 Å². The first-order valence-corrected chi connectivity index (χ1v) is 6.56. The minimum atomic E-state index is -0.256. The van der Waals surface area contributed by atoms with Crippen molar-refractivity contribution in [1.29, 1.82) is 0 Å². The summed E-state index contributed by atoms with van der Waals surface area (Å²) in [5.41, 5.74) is 9.19. The molecule has 2 aromatic heterocycles. The zero-order valence-electron chi connectivity index (χ0n) is 11.1. The molecule has 1 aliphatic heterocycles. The first kappa shape index (κ1) is 12.0. The predicted octanol–water partition coefficient (Wildman–Crippen LogP) is 1.95. The number of H-pyrrole nitrogens is 1. The van der Waals surface area contributed by atoms with E-state index in [4.69, 9.17) is 10.5 Å². The monoisotopic (exact) mass is 259 g/mol. The highest BCUT2D eigenvalue weighted by Crippen LogP contribution is 2.31. The number of nitrogen functional groups attached to an aromatic ring is 1. The van der Waals surface area contributed by atoms with E-state index in [1.165, 1.54) is 0 Å². The highest BCUT2D eigenvalue weighted by atomic mass is 16.5. The zero-order chi connectivity index (χ0) is 13.6. The van der Waals surface area contributed by atoms with E-state index in [1.54, 1.807) is 0 Å². The lowest BCUT2D eigenvalue weighted by atomic mass is 9.99. The zero-order valence-corrected chi connectivity index (χ0v) is 11.1. The molecule has 3 rings (SSSR count). The van der Waals surface area contributed by atoms with Gasteiger partial charge in [-0.1, -0.05) is 13.8 Å². The number of ether oxygens (including phenoxy) is 1. The summed E-state index contributed by atoms with van der Waals surface area (Å²) in [5, 5.41) is 0. The number of pyridine rings is 2. The number of anilines is 1. The minimum Gasteiger partial charge on any atom is -0.492 e. The first-order valence-electron chi connectivity index (χ1n) is 6.56. The maximum absolute atomic E-state index is 11.9. The smallest absolute Gasteiger partial charge is 0.271 e. The Bertz CT molecular complexity index is 704. The quantitative estimate of drug-likeness (QED) is 0.820. The van der Waals surface area contributed by atoms with Crippen LogP contribution in [-0.4, -0.2) is 16.6 Å². The summed E-state index contributed by atoms with van der Waals surface area (Å²) in [6.45, 7) is 4.74. The number of aromatic amines is 1. The predicted molar refractivity (Wildman–Crippen MR) is 74.7 cm³/mol. The molecule has 1 aliphatic rings. The Kier molecular flexibility index (Phi) is 2.69. The van der Waals surface area contributed by atoms with Gasteiger partial charge in [-0.3, -0.25) is 4.79 Å². The molecule has 0 aliphatic carbocycles. The van der Waals surface area contributed by atoms with Gasteiger partial charge in [0.05, 0.1) is 23.3 Å². The second kappa shape index (κ2) is 4.26. The summed E-state index contributed by atoms with van der Waals surface area (Å²) in [5.74, 6) is 0.925. The number of nitrogens with zero attached hydrogens (tertiary/aromatic N) is 1. The van der Waals surface area contributed by atoms with E-state index < -0.39 is 0 Å². The van der Waals surface area contributed by atoms with Gasteiger partial charge in [-0.25, -0.2) is 4.98 Å². The van der Waals surface area contributed by atoms with E-state index in [1.807, 2.05) is 19.9 Å². The van der Waals surface area contributed by atoms with E-state index in [0.29, 0.717) is 12.1 Å². The van der Waals surface area contributed by atoms with Crippen molar-refractivity contribution in [3.8, 4) is 5.75 Å². The maximum Gasteiger partial charge on any atom is 0.271 e. The SMILES string of the molecule is CC(C)c1c(N)c(=O)[nH]c2cc3c(nc12)CCCO3. The van der Waals surface area contributed by atoms with Gasteiger partial charge in [0.25, 0.3) is 5.56 Å². The van der Waals surface area contributed by atoms with Gasteiger partial charge >= 0.3 is 0 Å². The Morgan fingerprint density at radius 3 is 3.00 bits per heavy atom. The van der Waals surface area contributed by atoms with Gasteiger partial charge in [0, 0.05) is 11.6 Å². The third-order valence-corrected chi connectivity index (χ3v) is 3.49. The lowest BCUT2D eigenvalue weighted by molar-refractivity contribution is 0.285. The Morgan fingerprint density at radius 1 is 1.47 bits per heavy atom. The van der Waals surface area contributed by atoms with Gasteiger partial charge in [-0.15, -0.1) is 0 Å². The second-order valence-electron chi connectivity index (χ2n) is 5.22. The van der Waals surface area contributed by atoms with Crippen LogP contribution in [0.25, 0.3) is 11.0 Å². The van der Waals surface area contributed by atoms with E-state index in [2.05, 4.69) is 9.97 Å². The van der Waals surface area contributed by atoms with Gasteiger partial charge in [0.2, 0.25) is 0 Å². The van der Waals surface area contributed by atoms with Crippen molar-refractivity contribution < 1.29 is 4.74 Å². The number of rotatable bonds is 1. The van der Waals surface area contributed by atoms with Crippen LogP contribution in [0.5, 0.6) is 5.75 Å². The number of aromatic nitrogens is 2. The van der Waals surface area contributed by atoms with Crippen LogP contribution in [0.4, 0.5) is 5.69 Å². The Morgan fingerprint density at radius 2 is 2.26 bits per heavy atom. The Balaban J connectivity index is 2.38. The van der Waals surface area contributed by atoms with Crippen molar-refractivity contribution >= 4 is 16.7 Å². The highest BCUT2D eigenvalue weighted by molar-refractivity contribution is 5.84. The molecule has 0 atom stereocenters. The fourth-order valence-electron chi connectivity index (χ4n) is 2.58. The number of nitrogens with one attached hydrogen (secondary N) is 1. The molecule has 0 fully saturated rings. The fraction of sp³-hybridized carbons (Fsp3) is 0.429. The summed E-state index contributed by atoms with van der Waals surface area (Å²) in [6.07, 6.45) is 1.88. The molecule has 3 heterocycles. The van der Waals surface area contributed by atoms with Gasteiger partial charge in [-0.2, -0.15) is 0 Å². The molecular formula is C14H17N3O2. The lowest BCUT2D eigenvalue weighted by Gasteiger charge is -2.19. The molecule has 5 nitrogen and oxygen atoms in total. The summed E-state index contributed by atoms with van der Waals surface area (Å²) >= 11 is 0. The molecule has 2 aromatic rings. The van der Waals surface area contributed by atoms with E-state index in [-0.39, 0.29) is 17.2 Å². The summed E-state index contributed by atoms with van der Waals surface area (Å²) in [7, 11) is 0. The van der Waals surface area contributed by atoms with Crippen molar-refractivity contribution in [2.45, 2.75) is 32.6 Å². The number of hydrogen-bond donors (Lipinski definition) is 2. The van der Waals surface area contributed by atoms with Crippen LogP contribution in [0.2, 0.25) is 0 Å². The third-order valence-electron chi connectivity index (χ3n) is 3.49. The van der Waals surface area contributed by atoms with Crippen LogP contribution in [0, 0.1) is 0 Å². The van der Waals surface area contributed by atoms with Gasteiger partial charge < -0.3 is 15.5 Å². The molecule has 0 spiro atoms. The fourth-order valence-corrected chi connectivity index (χ4v) is 2.58. The third kappa shape index (κ3) is 1.85. The van der Waals surface area contributed by atoms with E-state index in [0.717, 1.165) is 35.4 Å². The summed E-state index contributed by atoms with van der Waals surface area (Å²) < 4.78 is 5.59. The Hall–Kier alpha value is -2.04. The summed E-state index contributed by atoms with van der Waals surface area (Å²) in [4.78, 5) is 19.3. The second-order valence-corrected chi connectivity index (χ2v) is 5.22. The molecule has 5 heteroatoms. The standard InChI is InChI=1S/C14H17N3O2/c1-7(2)11-12(15)14(18)17-9-6-10-8(16-13(9)11)4-3-5-19-10/h6-7H,3-5,15H2,1-2H3,(H,17,18). The molecule has 0 aromatic carbocycles. The first-order chi connectivity index (χ1) is 9.08. The normalized spacial score (nSPS) is 14.5. The molecular weight excluding hydrogens is 242 g/mol. The topological polar surface area (TPSA) is 81.0 Å². The van der Waals surface area contributed by atoms with E-state index in [9.17, 15) is 4.79 Å². The largest absolute Gasteiger partial charge is 0.492 e. The molecule has 0 unspecified atom stereocenters. The number of hydrogen-bond acceptors (Lipinski definition) is 4. The highest BCUT2D eigenvalue weighted by Gasteiger charge is 2.19. The Labute approximate surface area is 110 Å². The van der Waals surface area contributed by atoms with Crippen LogP contribution in [0.3, 0.4) is 0 Å². The number of aryl methyl sites for hydroxylation is 1. The average molecular weight is 259 g/mol. The van der Waals surface area contributed by atoms with Crippen LogP contribution >= 0.6 is 0 Å². The molecule has 3 N–H and O–H groups in total. The van der Waals surface area contributed by atoms with Gasteiger partial charge in [0.15, 0.2) is 0 Å². The summed E-state index contributed by atoms with van der Waals surface area (Å²) in [6, 6.07) is 1.86. The average Bonchev–Trinajstić information content (AvgIpc) is 2.37. The molecule has 0 radical (unpaired) electrons. The molecule has 100 valence electrons. The van der Waals surface area contributed by atoms with Crippen LogP contribution in [0.15, 0.2) is 10.9 Å². The minimum absolute atomic E-state index is 0.153. The van der Waals surface area contributed by atoms with Crippen LogP contribution in [-0.2, 0) is 6.42 Å². The number of fused-ring (bicyclic) bond motifs is 2. The van der Waals surface area contributed by atoms with Crippen molar-refractivity contribution in [1.82, 2.24) is 9.97 Å². The van der Waals surface area contributed by atoms with Gasteiger partial charge in [-0.05, 0) is 18.8 Å².